The van der Waals surface area contributed by atoms with Crippen molar-refractivity contribution in [3.63, 3.8) is 0 Å². The van der Waals surface area contributed by atoms with Gasteiger partial charge in [-0.05, 0) is 43.7 Å². The Kier molecular flexibility index (Phi) is 5.73. The molecule has 1 aromatic carbocycles. The third kappa shape index (κ3) is 4.55. The molecule has 1 aromatic rings. The summed E-state index contributed by atoms with van der Waals surface area (Å²) in [6.07, 6.45) is 4.82. The summed E-state index contributed by atoms with van der Waals surface area (Å²) < 4.78 is 0. The van der Waals surface area contributed by atoms with Gasteiger partial charge in [-0.3, -0.25) is 4.79 Å². The standard InChI is InChI=1S/C15H22N2OS/c18-15(13-5-7-14(19)8-6-13)17-11-4-2-1-3-9-16-10-12-17/h5-8,16,19H,1-4,9-12H2. The van der Waals surface area contributed by atoms with E-state index in [9.17, 15) is 4.79 Å². The van der Waals surface area contributed by atoms with Crippen LogP contribution in [0.1, 0.15) is 36.0 Å². The van der Waals surface area contributed by atoms with Gasteiger partial charge in [0.15, 0.2) is 0 Å². The quantitative estimate of drug-likeness (QED) is 0.774. The van der Waals surface area contributed by atoms with Gasteiger partial charge in [-0.2, -0.15) is 0 Å². The number of nitrogens with zero attached hydrogens (tertiary/aromatic N) is 1. The van der Waals surface area contributed by atoms with Gasteiger partial charge in [-0.15, -0.1) is 12.6 Å². The largest absolute Gasteiger partial charge is 0.337 e. The molecule has 1 heterocycles. The van der Waals surface area contributed by atoms with Crippen molar-refractivity contribution in [3.8, 4) is 0 Å². The average molecular weight is 278 g/mol. The Balaban J connectivity index is 1.99. The van der Waals surface area contributed by atoms with Crippen LogP contribution < -0.4 is 5.32 Å². The summed E-state index contributed by atoms with van der Waals surface area (Å²) in [6, 6.07) is 7.46. The molecule has 1 amide bonds. The van der Waals surface area contributed by atoms with Crippen LogP contribution in [0.2, 0.25) is 0 Å². The minimum absolute atomic E-state index is 0.135. The summed E-state index contributed by atoms with van der Waals surface area (Å²) in [5.74, 6) is 0.135. The molecule has 3 nitrogen and oxygen atoms in total. The highest BCUT2D eigenvalue weighted by atomic mass is 32.1. The van der Waals surface area contributed by atoms with E-state index >= 15 is 0 Å². The molecule has 1 aliphatic rings. The summed E-state index contributed by atoms with van der Waals surface area (Å²) in [7, 11) is 0. The fourth-order valence-corrected chi connectivity index (χ4v) is 2.50. The van der Waals surface area contributed by atoms with E-state index in [1.165, 1.54) is 19.3 Å². The van der Waals surface area contributed by atoms with E-state index < -0.39 is 0 Å². The predicted molar refractivity (Wildman–Crippen MR) is 80.9 cm³/mol. The topological polar surface area (TPSA) is 32.3 Å². The van der Waals surface area contributed by atoms with Crippen molar-refractivity contribution in [2.45, 2.75) is 30.6 Å². The lowest BCUT2D eigenvalue weighted by Crippen LogP contribution is -2.38. The number of carbonyl (C=O) groups is 1. The highest BCUT2D eigenvalue weighted by Crippen LogP contribution is 2.11. The molecule has 1 saturated heterocycles. The van der Waals surface area contributed by atoms with E-state index in [-0.39, 0.29) is 5.91 Å². The normalized spacial score (nSPS) is 18.1. The van der Waals surface area contributed by atoms with Crippen molar-refractivity contribution in [2.24, 2.45) is 0 Å². The molecule has 2 rings (SSSR count). The average Bonchev–Trinajstić information content (AvgIpc) is 2.45. The van der Waals surface area contributed by atoms with E-state index in [1.807, 2.05) is 29.2 Å². The molecule has 0 aromatic heterocycles. The first kappa shape index (κ1) is 14.4. The zero-order chi connectivity index (χ0) is 13.5. The molecule has 0 unspecified atom stereocenters. The van der Waals surface area contributed by atoms with Gasteiger partial charge in [0, 0.05) is 30.1 Å². The molecule has 1 fully saturated rings. The fourth-order valence-electron chi connectivity index (χ4n) is 2.35. The molecule has 0 atom stereocenters. The molecule has 0 spiro atoms. The Labute approximate surface area is 120 Å². The number of carbonyl (C=O) groups excluding carboxylic acids is 1. The molecule has 0 bridgehead atoms. The van der Waals surface area contributed by atoms with Gasteiger partial charge in [0.2, 0.25) is 0 Å². The van der Waals surface area contributed by atoms with Crippen LogP contribution in [0.25, 0.3) is 0 Å². The zero-order valence-electron chi connectivity index (χ0n) is 11.3. The molecule has 0 saturated carbocycles. The van der Waals surface area contributed by atoms with Gasteiger partial charge in [0.05, 0.1) is 0 Å². The Hall–Kier alpha value is -1.00. The maximum absolute atomic E-state index is 12.4. The monoisotopic (exact) mass is 278 g/mol. The highest BCUT2D eigenvalue weighted by molar-refractivity contribution is 7.80. The molecule has 1 N–H and O–H groups in total. The lowest BCUT2D eigenvalue weighted by atomic mass is 10.1. The van der Waals surface area contributed by atoms with E-state index in [0.717, 1.165) is 43.1 Å². The number of thiol groups is 1. The number of benzene rings is 1. The minimum Gasteiger partial charge on any atom is -0.337 e. The summed E-state index contributed by atoms with van der Waals surface area (Å²) in [5.41, 5.74) is 0.759. The summed E-state index contributed by atoms with van der Waals surface area (Å²) in [5, 5.41) is 3.39. The van der Waals surface area contributed by atoms with E-state index in [4.69, 9.17) is 0 Å². The molecule has 0 aliphatic carbocycles. The third-order valence-electron chi connectivity index (χ3n) is 3.49. The van der Waals surface area contributed by atoms with Crippen molar-refractivity contribution in [3.05, 3.63) is 29.8 Å². The zero-order valence-corrected chi connectivity index (χ0v) is 12.2. The van der Waals surface area contributed by atoms with Crippen LogP contribution in [-0.2, 0) is 0 Å². The Morgan fingerprint density at radius 2 is 1.74 bits per heavy atom. The lowest BCUT2D eigenvalue weighted by molar-refractivity contribution is 0.0752. The van der Waals surface area contributed by atoms with Crippen LogP contribution in [0.15, 0.2) is 29.2 Å². The smallest absolute Gasteiger partial charge is 0.253 e. The van der Waals surface area contributed by atoms with Crippen molar-refractivity contribution in [1.82, 2.24) is 10.2 Å². The van der Waals surface area contributed by atoms with Gasteiger partial charge in [0.25, 0.3) is 5.91 Å². The van der Waals surface area contributed by atoms with Crippen LogP contribution in [0.5, 0.6) is 0 Å². The molecular formula is C15H22N2OS. The van der Waals surface area contributed by atoms with E-state index in [1.54, 1.807) is 0 Å². The van der Waals surface area contributed by atoms with Gasteiger partial charge in [-0.1, -0.05) is 12.8 Å². The first-order valence-electron chi connectivity index (χ1n) is 7.06. The highest BCUT2D eigenvalue weighted by Gasteiger charge is 2.15. The van der Waals surface area contributed by atoms with E-state index in [0.29, 0.717) is 0 Å². The van der Waals surface area contributed by atoms with Crippen LogP contribution in [-0.4, -0.2) is 37.0 Å². The number of amides is 1. The molecular weight excluding hydrogens is 256 g/mol. The second-order valence-electron chi connectivity index (χ2n) is 5.00. The van der Waals surface area contributed by atoms with Crippen LogP contribution in [0.4, 0.5) is 0 Å². The fraction of sp³-hybridized carbons (Fsp3) is 0.533. The lowest BCUT2D eigenvalue weighted by Gasteiger charge is -2.24. The Morgan fingerprint density at radius 1 is 1.00 bits per heavy atom. The maximum atomic E-state index is 12.4. The minimum atomic E-state index is 0.135. The van der Waals surface area contributed by atoms with Gasteiger partial charge in [-0.25, -0.2) is 0 Å². The molecule has 19 heavy (non-hydrogen) atoms. The third-order valence-corrected chi connectivity index (χ3v) is 3.79. The molecule has 4 heteroatoms. The number of rotatable bonds is 1. The second-order valence-corrected chi connectivity index (χ2v) is 5.52. The van der Waals surface area contributed by atoms with Crippen LogP contribution in [0, 0.1) is 0 Å². The van der Waals surface area contributed by atoms with Gasteiger partial charge in [0.1, 0.15) is 0 Å². The van der Waals surface area contributed by atoms with Crippen molar-refractivity contribution < 1.29 is 4.79 Å². The molecule has 1 aliphatic heterocycles. The first-order chi connectivity index (χ1) is 9.27. The number of nitrogens with one attached hydrogen (secondary N) is 1. The van der Waals surface area contributed by atoms with Crippen molar-refractivity contribution >= 4 is 18.5 Å². The van der Waals surface area contributed by atoms with Crippen LogP contribution >= 0.6 is 12.6 Å². The molecule has 0 radical (unpaired) electrons. The van der Waals surface area contributed by atoms with Gasteiger partial charge >= 0.3 is 0 Å². The van der Waals surface area contributed by atoms with Crippen molar-refractivity contribution in [1.29, 1.82) is 0 Å². The SMILES string of the molecule is O=C(c1ccc(S)cc1)N1CCCCCCNCC1. The second kappa shape index (κ2) is 7.56. The predicted octanol–water partition coefficient (Wildman–Crippen LogP) is 2.58. The number of hydrogen-bond donors (Lipinski definition) is 2. The maximum Gasteiger partial charge on any atom is 0.253 e. The summed E-state index contributed by atoms with van der Waals surface area (Å²) >= 11 is 4.25. The Bertz CT molecular complexity index is 395. The Morgan fingerprint density at radius 3 is 2.53 bits per heavy atom. The van der Waals surface area contributed by atoms with Crippen molar-refractivity contribution in [2.75, 3.05) is 26.2 Å². The summed E-state index contributed by atoms with van der Waals surface area (Å²) in [4.78, 5) is 15.3. The van der Waals surface area contributed by atoms with Crippen LogP contribution in [0.3, 0.4) is 0 Å². The molecule has 104 valence electrons. The summed E-state index contributed by atoms with van der Waals surface area (Å²) in [6.45, 7) is 3.61. The van der Waals surface area contributed by atoms with E-state index in [2.05, 4.69) is 17.9 Å². The number of hydrogen-bond acceptors (Lipinski definition) is 3. The first-order valence-corrected chi connectivity index (χ1v) is 7.51. The van der Waals surface area contributed by atoms with Gasteiger partial charge < -0.3 is 10.2 Å².